The molecule has 1 heterocycles. The second kappa shape index (κ2) is 10.4. The summed E-state index contributed by atoms with van der Waals surface area (Å²) in [6.07, 6.45) is -8.93. The molecule has 3 unspecified atom stereocenters. The molecule has 5 N–H and O–H groups in total. The van der Waals surface area contributed by atoms with E-state index >= 15 is 0 Å². The molecule has 0 saturated carbocycles. The van der Waals surface area contributed by atoms with Gasteiger partial charge in [-0.3, -0.25) is 0 Å². The third kappa shape index (κ3) is 5.70. The van der Waals surface area contributed by atoms with Gasteiger partial charge in [0.15, 0.2) is 12.4 Å². The minimum absolute atomic E-state index is 0.0801. The van der Waals surface area contributed by atoms with Crippen LogP contribution in [0.25, 0.3) is 10.8 Å². The van der Waals surface area contributed by atoms with Crippen molar-refractivity contribution in [2.75, 3.05) is 13.2 Å². The minimum Gasteiger partial charge on any atom is -0.490 e. The summed E-state index contributed by atoms with van der Waals surface area (Å²) in [6, 6.07) is 13.6. The third-order valence-electron chi connectivity index (χ3n) is 5.07. The van der Waals surface area contributed by atoms with Crippen LogP contribution in [0.15, 0.2) is 42.5 Å². The molecule has 1 aliphatic rings. The minimum atomic E-state index is -1.77. The molecule has 0 bridgehead atoms. The number of carboxylic acids is 1. The van der Waals surface area contributed by atoms with Gasteiger partial charge < -0.3 is 40.0 Å². The number of carboxylic acid groups (broad SMARTS) is 1. The monoisotopic (exact) mass is 435 g/mol. The average molecular weight is 435 g/mol. The molecule has 1 aliphatic heterocycles. The van der Waals surface area contributed by atoms with E-state index in [4.69, 9.17) is 14.2 Å². The van der Waals surface area contributed by atoms with Crippen molar-refractivity contribution in [3.63, 3.8) is 0 Å². The molecule has 2 aromatic rings. The molecule has 3 rings (SSSR count). The van der Waals surface area contributed by atoms with E-state index in [1.165, 1.54) is 0 Å². The fraction of sp³-hybridized carbons (Fsp3) is 0.500. The SMILES string of the molecule is CC(C)NCC(COc1cccc2ccccc12)O[C@H]1OC(C(=O)O)[C@H](O)C(O)[C@@H]1O. The summed E-state index contributed by atoms with van der Waals surface area (Å²) in [5.41, 5.74) is 0. The molecule has 9 nitrogen and oxygen atoms in total. The van der Waals surface area contributed by atoms with Crippen LogP contribution in [0.3, 0.4) is 0 Å². The number of fused-ring (bicyclic) bond motifs is 1. The van der Waals surface area contributed by atoms with E-state index in [2.05, 4.69) is 5.32 Å². The molecule has 2 aromatic carbocycles. The molecular weight excluding hydrogens is 406 g/mol. The third-order valence-corrected chi connectivity index (χ3v) is 5.07. The number of ether oxygens (including phenoxy) is 3. The smallest absolute Gasteiger partial charge is 0.335 e. The maximum Gasteiger partial charge on any atom is 0.335 e. The fourth-order valence-electron chi connectivity index (χ4n) is 3.37. The van der Waals surface area contributed by atoms with Crippen molar-refractivity contribution in [1.29, 1.82) is 0 Å². The highest BCUT2D eigenvalue weighted by Crippen LogP contribution is 2.26. The number of rotatable bonds is 9. The van der Waals surface area contributed by atoms with Crippen LogP contribution in [-0.2, 0) is 14.3 Å². The number of aliphatic hydroxyl groups excluding tert-OH is 3. The number of aliphatic hydroxyl groups is 3. The van der Waals surface area contributed by atoms with Crippen LogP contribution in [0.5, 0.6) is 5.75 Å². The van der Waals surface area contributed by atoms with Crippen LogP contribution in [0, 0.1) is 0 Å². The first-order valence-electron chi connectivity index (χ1n) is 10.2. The van der Waals surface area contributed by atoms with Crippen LogP contribution >= 0.6 is 0 Å². The quantitative estimate of drug-likeness (QED) is 0.381. The van der Waals surface area contributed by atoms with Gasteiger partial charge in [-0.25, -0.2) is 4.79 Å². The Morgan fingerprint density at radius 2 is 1.77 bits per heavy atom. The topological polar surface area (TPSA) is 138 Å². The summed E-state index contributed by atoms with van der Waals surface area (Å²) in [5, 5.41) is 44.5. The number of aliphatic carboxylic acids is 1. The molecule has 1 fully saturated rings. The maximum atomic E-state index is 11.3. The Hall–Kier alpha value is -2.27. The zero-order chi connectivity index (χ0) is 22.5. The lowest BCUT2D eigenvalue weighted by molar-refractivity contribution is -0.305. The predicted octanol–water partition coefficient (Wildman–Crippen LogP) is 0.494. The van der Waals surface area contributed by atoms with Crippen LogP contribution in [0.2, 0.25) is 0 Å². The first-order chi connectivity index (χ1) is 14.8. The highest BCUT2D eigenvalue weighted by atomic mass is 16.7. The van der Waals surface area contributed by atoms with Crippen molar-refractivity contribution in [1.82, 2.24) is 5.32 Å². The van der Waals surface area contributed by atoms with Crippen molar-refractivity contribution < 1.29 is 39.4 Å². The van der Waals surface area contributed by atoms with Gasteiger partial charge in [0.1, 0.15) is 36.8 Å². The van der Waals surface area contributed by atoms with Crippen molar-refractivity contribution in [2.24, 2.45) is 0 Å². The van der Waals surface area contributed by atoms with Gasteiger partial charge in [-0.1, -0.05) is 50.2 Å². The van der Waals surface area contributed by atoms with E-state index < -0.39 is 42.8 Å². The Kier molecular flexibility index (Phi) is 7.82. The van der Waals surface area contributed by atoms with Gasteiger partial charge in [0.05, 0.1) is 0 Å². The van der Waals surface area contributed by atoms with Crippen molar-refractivity contribution >= 4 is 16.7 Å². The van der Waals surface area contributed by atoms with Crippen LogP contribution in [-0.4, -0.2) is 82.4 Å². The second-order valence-electron chi connectivity index (χ2n) is 7.84. The van der Waals surface area contributed by atoms with Crippen molar-refractivity contribution in [3.05, 3.63) is 42.5 Å². The summed E-state index contributed by atoms with van der Waals surface area (Å²) in [6.45, 7) is 4.31. The van der Waals surface area contributed by atoms with Gasteiger partial charge >= 0.3 is 5.97 Å². The fourth-order valence-corrected chi connectivity index (χ4v) is 3.37. The standard InChI is InChI=1S/C22H29NO8/c1-12(2)23-10-14(11-29-16-9-5-7-13-6-3-4-8-15(13)16)30-22-19(26)17(24)18(25)20(31-22)21(27)28/h3-9,12,14,17-20,22-26H,10-11H2,1-2H3,(H,27,28)/t14?,17?,18-,19+,20?,22+/m1/s1. The lowest BCUT2D eigenvalue weighted by Crippen LogP contribution is -2.61. The Balaban J connectivity index is 1.73. The van der Waals surface area contributed by atoms with Gasteiger partial charge in [-0.2, -0.15) is 0 Å². The molecule has 170 valence electrons. The van der Waals surface area contributed by atoms with E-state index in [0.29, 0.717) is 12.3 Å². The van der Waals surface area contributed by atoms with E-state index in [9.17, 15) is 25.2 Å². The number of carbonyl (C=O) groups is 1. The molecule has 9 heteroatoms. The van der Waals surface area contributed by atoms with Gasteiger partial charge in [-0.15, -0.1) is 0 Å². The number of hydrogen-bond acceptors (Lipinski definition) is 8. The first-order valence-corrected chi connectivity index (χ1v) is 10.2. The molecule has 0 aromatic heterocycles. The first kappa shape index (κ1) is 23.4. The zero-order valence-electron chi connectivity index (χ0n) is 17.4. The largest absolute Gasteiger partial charge is 0.490 e. The van der Waals surface area contributed by atoms with Crippen molar-refractivity contribution in [2.45, 2.75) is 56.7 Å². The predicted molar refractivity (Wildman–Crippen MR) is 112 cm³/mol. The Bertz CT molecular complexity index is 870. The highest BCUT2D eigenvalue weighted by molar-refractivity contribution is 5.88. The molecule has 6 atom stereocenters. The maximum absolute atomic E-state index is 11.3. The zero-order valence-corrected chi connectivity index (χ0v) is 17.4. The Morgan fingerprint density at radius 3 is 2.48 bits per heavy atom. The van der Waals surface area contributed by atoms with Gasteiger partial charge in [-0.05, 0) is 11.5 Å². The lowest BCUT2D eigenvalue weighted by atomic mass is 9.99. The Morgan fingerprint density at radius 1 is 1.06 bits per heavy atom. The van der Waals surface area contributed by atoms with Gasteiger partial charge in [0, 0.05) is 18.0 Å². The van der Waals surface area contributed by atoms with Gasteiger partial charge in [0.25, 0.3) is 0 Å². The van der Waals surface area contributed by atoms with E-state index in [1.807, 2.05) is 56.3 Å². The summed E-state index contributed by atoms with van der Waals surface area (Å²) >= 11 is 0. The summed E-state index contributed by atoms with van der Waals surface area (Å²) in [4.78, 5) is 11.3. The van der Waals surface area contributed by atoms with Crippen molar-refractivity contribution in [3.8, 4) is 5.75 Å². The number of hydrogen-bond donors (Lipinski definition) is 5. The van der Waals surface area contributed by atoms with Crippen LogP contribution < -0.4 is 10.1 Å². The molecule has 1 saturated heterocycles. The lowest BCUT2D eigenvalue weighted by Gasteiger charge is -2.39. The highest BCUT2D eigenvalue weighted by Gasteiger charge is 2.48. The number of nitrogens with one attached hydrogen (secondary N) is 1. The summed E-state index contributed by atoms with van der Waals surface area (Å²) in [7, 11) is 0. The van der Waals surface area contributed by atoms with Crippen LogP contribution in [0.4, 0.5) is 0 Å². The second-order valence-corrected chi connectivity index (χ2v) is 7.84. The van der Waals surface area contributed by atoms with Gasteiger partial charge in [0.2, 0.25) is 0 Å². The molecular formula is C22H29NO8. The normalized spacial score (nSPS) is 27.4. The summed E-state index contributed by atoms with van der Waals surface area (Å²) in [5.74, 6) is -0.809. The summed E-state index contributed by atoms with van der Waals surface area (Å²) < 4.78 is 17.0. The molecule has 0 amide bonds. The number of benzene rings is 2. The molecule has 0 radical (unpaired) electrons. The molecule has 31 heavy (non-hydrogen) atoms. The molecule has 0 spiro atoms. The van der Waals surface area contributed by atoms with E-state index in [1.54, 1.807) is 0 Å². The Labute approximate surface area is 180 Å². The average Bonchev–Trinajstić information content (AvgIpc) is 2.75. The van der Waals surface area contributed by atoms with E-state index in [0.717, 1.165) is 10.8 Å². The van der Waals surface area contributed by atoms with Crippen LogP contribution in [0.1, 0.15) is 13.8 Å². The van der Waals surface area contributed by atoms with E-state index in [-0.39, 0.29) is 12.6 Å². The molecule has 0 aliphatic carbocycles.